The lowest BCUT2D eigenvalue weighted by atomic mass is 10.1. The van der Waals surface area contributed by atoms with Gasteiger partial charge in [0, 0.05) is 12.1 Å². The van der Waals surface area contributed by atoms with E-state index in [4.69, 9.17) is 26.5 Å². The van der Waals surface area contributed by atoms with E-state index in [0.29, 0.717) is 12.1 Å². The summed E-state index contributed by atoms with van der Waals surface area (Å²) in [4.78, 5) is 8.56. The molecule has 0 radical (unpaired) electrons. The smallest absolute Gasteiger partial charge is 0.450 e. The second-order valence-corrected chi connectivity index (χ2v) is 5.23. The van der Waals surface area contributed by atoms with Crippen molar-refractivity contribution in [3.05, 3.63) is 0 Å². The molecule has 0 spiro atoms. The summed E-state index contributed by atoms with van der Waals surface area (Å²) in [5.41, 5.74) is 11.1. The maximum Gasteiger partial charge on any atom is 0.503 e. The summed E-state index contributed by atoms with van der Waals surface area (Å²) >= 11 is 0. The van der Waals surface area contributed by atoms with Crippen LogP contribution in [0, 0.1) is 0 Å². The molecule has 0 aromatic heterocycles. The van der Waals surface area contributed by atoms with Crippen molar-refractivity contribution in [1.82, 2.24) is 0 Å². The summed E-state index contributed by atoms with van der Waals surface area (Å²) in [7, 11) is 0. The lowest BCUT2D eigenvalue weighted by Crippen LogP contribution is -2.13. The molecule has 0 bridgehead atoms. The van der Waals surface area contributed by atoms with Gasteiger partial charge in [0.25, 0.3) is 0 Å². The number of nitrogens with two attached hydrogens (primary N) is 2. The van der Waals surface area contributed by atoms with E-state index < -0.39 is 6.16 Å². The third-order valence-electron chi connectivity index (χ3n) is 2.53. The van der Waals surface area contributed by atoms with Gasteiger partial charge in [-0.3, -0.25) is 0 Å². The fourth-order valence-electron chi connectivity index (χ4n) is 1.43. The van der Waals surface area contributed by atoms with Gasteiger partial charge in [-0.05, 0) is 26.7 Å². The quantitative estimate of drug-likeness (QED) is 0.504. The second-order valence-electron chi connectivity index (χ2n) is 5.23. The third kappa shape index (κ3) is 53.4. The van der Waals surface area contributed by atoms with Crippen LogP contribution in [0.5, 0.6) is 0 Å². The van der Waals surface area contributed by atoms with E-state index in [1.165, 1.54) is 51.4 Å². The SMILES string of the molecule is CCCCC[C@@H](C)N.CCCCC[C@@H](C)N.O=C(O)O. The number of hydrogen-bond donors (Lipinski definition) is 4. The molecule has 20 heavy (non-hydrogen) atoms. The van der Waals surface area contributed by atoms with Crippen molar-refractivity contribution in [2.75, 3.05) is 0 Å². The molecule has 6 N–H and O–H groups in total. The van der Waals surface area contributed by atoms with Gasteiger partial charge in [-0.15, -0.1) is 0 Å². The highest BCUT2D eigenvalue weighted by atomic mass is 16.6. The van der Waals surface area contributed by atoms with Crippen molar-refractivity contribution in [1.29, 1.82) is 0 Å². The Balaban J connectivity index is -0.000000230. The minimum absolute atomic E-state index is 0.404. The van der Waals surface area contributed by atoms with Crippen molar-refractivity contribution < 1.29 is 15.0 Å². The van der Waals surface area contributed by atoms with E-state index in [9.17, 15) is 0 Å². The summed E-state index contributed by atoms with van der Waals surface area (Å²) in [5.74, 6) is 0. The molecule has 0 unspecified atom stereocenters. The molecule has 0 rings (SSSR count). The highest BCUT2D eigenvalue weighted by Crippen LogP contribution is 2.00. The van der Waals surface area contributed by atoms with Crippen molar-refractivity contribution in [3.8, 4) is 0 Å². The van der Waals surface area contributed by atoms with E-state index in [2.05, 4.69) is 27.7 Å². The Morgan fingerprint density at radius 2 is 1.10 bits per heavy atom. The van der Waals surface area contributed by atoms with Gasteiger partial charge in [-0.2, -0.15) is 0 Å². The fourth-order valence-corrected chi connectivity index (χ4v) is 1.43. The van der Waals surface area contributed by atoms with Gasteiger partial charge in [0.2, 0.25) is 0 Å². The fraction of sp³-hybridized carbons (Fsp3) is 0.933. The summed E-state index contributed by atoms with van der Waals surface area (Å²) in [6.45, 7) is 8.55. The molecule has 0 amide bonds. The lowest BCUT2D eigenvalue weighted by molar-refractivity contribution is 0.137. The van der Waals surface area contributed by atoms with E-state index in [1.807, 2.05) is 0 Å². The first-order chi connectivity index (χ1) is 9.27. The van der Waals surface area contributed by atoms with Gasteiger partial charge in [0.1, 0.15) is 0 Å². The predicted molar refractivity (Wildman–Crippen MR) is 86.2 cm³/mol. The first-order valence-electron chi connectivity index (χ1n) is 7.70. The van der Waals surface area contributed by atoms with Crippen LogP contribution in [0.2, 0.25) is 0 Å². The molecular formula is C15H36N2O3. The largest absolute Gasteiger partial charge is 0.503 e. The second kappa shape index (κ2) is 20.5. The van der Waals surface area contributed by atoms with Crippen LogP contribution in [0.15, 0.2) is 0 Å². The normalized spacial score (nSPS) is 12.3. The molecule has 5 nitrogen and oxygen atoms in total. The summed E-state index contributed by atoms with van der Waals surface area (Å²) in [6.07, 6.45) is 8.41. The first-order valence-corrected chi connectivity index (χ1v) is 7.70. The van der Waals surface area contributed by atoms with Gasteiger partial charge in [-0.25, -0.2) is 4.79 Å². The van der Waals surface area contributed by atoms with Gasteiger partial charge in [0.15, 0.2) is 0 Å². The van der Waals surface area contributed by atoms with Crippen LogP contribution >= 0.6 is 0 Å². The van der Waals surface area contributed by atoms with Crippen LogP contribution in [0.1, 0.15) is 79.1 Å². The average molecular weight is 292 g/mol. The summed E-state index contributed by atoms with van der Waals surface area (Å²) in [5, 5.41) is 13.9. The number of carbonyl (C=O) groups is 1. The van der Waals surface area contributed by atoms with E-state index in [1.54, 1.807) is 0 Å². The van der Waals surface area contributed by atoms with Crippen LogP contribution < -0.4 is 11.5 Å². The minimum Gasteiger partial charge on any atom is -0.450 e. The molecule has 5 heteroatoms. The third-order valence-corrected chi connectivity index (χ3v) is 2.53. The maximum absolute atomic E-state index is 8.56. The molecule has 0 heterocycles. The number of unbranched alkanes of at least 4 members (excludes halogenated alkanes) is 4. The Labute approximate surface area is 124 Å². The molecule has 2 atom stereocenters. The highest BCUT2D eigenvalue weighted by molar-refractivity contribution is 5.53. The summed E-state index contributed by atoms with van der Waals surface area (Å²) < 4.78 is 0. The van der Waals surface area contributed by atoms with E-state index in [0.717, 1.165) is 0 Å². The molecule has 0 aromatic carbocycles. The Hall–Kier alpha value is -0.810. The van der Waals surface area contributed by atoms with Crippen LogP contribution in [0.25, 0.3) is 0 Å². The monoisotopic (exact) mass is 292 g/mol. The molecule has 0 aliphatic heterocycles. The Bertz CT molecular complexity index is 168. The van der Waals surface area contributed by atoms with Crippen molar-refractivity contribution in [2.24, 2.45) is 11.5 Å². The lowest BCUT2D eigenvalue weighted by Gasteiger charge is -2.01. The minimum atomic E-state index is -1.83. The van der Waals surface area contributed by atoms with Gasteiger partial charge >= 0.3 is 6.16 Å². The molecule has 124 valence electrons. The standard InChI is InChI=1S/2C7H17N.CH2O3/c2*1-3-4-5-6-7(2)8;2-1(3)4/h2*7H,3-6,8H2,1-2H3;(H2,2,3,4)/t2*7-;/m11./s1. The zero-order chi connectivity index (χ0) is 16.4. The van der Waals surface area contributed by atoms with Gasteiger partial charge < -0.3 is 21.7 Å². The molecule has 0 aliphatic rings. The Kier molecular flexibility index (Phi) is 24.8. The van der Waals surface area contributed by atoms with Crippen LogP contribution in [0.4, 0.5) is 4.79 Å². The van der Waals surface area contributed by atoms with Gasteiger partial charge in [0.05, 0.1) is 0 Å². The zero-order valence-corrected chi connectivity index (χ0v) is 13.8. The highest BCUT2D eigenvalue weighted by Gasteiger charge is 1.91. The van der Waals surface area contributed by atoms with E-state index in [-0.39, 0.29) is 0 Å². The molecule has 0 aromatic rings. The number of rotatable bonds is 8. The van der Waals surface area contributed by atoms with Crippen molar-refractivity contribution in [3.63, 3.8) is 0 Å². The zero-order valence-electron chi connectivity index (χ0n) is 13.8. The Morgan fingerprint density at radius 1 is 0.850 bits per heavy atom. The van der Waals surface area contributed by atoms with Crippen LogP contribution in [-0.4, -0.2) is 28.5 Å². The maximum atomic E-state index is 8.56. The first kappa shape index (κ1) is 24.2. The van der Waals surface area contributed by atoms with E-state index >= 15 is 0 Å². The molecule has 0 fully saturated rings. The van der Waals surface area contributed by atoms with Crippen LogP contribution in [0.3, 0.4) is 0 Å². The predicted octanol–water partition coefficient (Wildman–Crippen LogP) is 4.05. The average Bonchev–Trinajstić information content (AvgIpc) is 2.29. The Morgan fingerprint density at radius 3 is 1.25 bits per heavy atom. The van der Waals surface area contributed by atoms with Crippen molar-refractivity contribution in [2.45, 2.75) is 91.1 Å². The van der Waals surface area contributed by atoms with Gasteiger partial charge in [-0.1, -0.05) is 52.4 Å². The summed E-state index contributed by atoms with van der Waals surface area (Å²) in [6, 6.07) is 0.808. The number of hydrogen-bond acceptors (Lipinski definition) is 3. The van der Waals surface area contributed by atoms with Crippen LogP contribution in [-0.2, 0) is 0 Å². The topological polar surface area (TPSA) is 110 Å². The molecular weight excluding hydrogens is 256 g/mol. The molecule has 0 saturated heterocycles. The molecule has 0 aliphatic carbocycles. The van der Waals surface area contributed by atoms with Crippen molar-refractivity contribution >= 4 is 6.16 Å². The molecule has 0 saturated carbocycles. The number of carboxylic acid groups (broad SMARTS) is 2.